The lowest BCUT2D eigenvalue weighted by Crippen LogP contribution is -2.27. The summed E-state index contributed by atoms with van der Waals surface area (Å²) in [4.78, 5) is 13.0. The third kappa shape index (κ3) is 5.38. The third-order valence-corrected chi connectivity index (χ3v) is 5.75. The monoisotopic (exact) mass is 457 g/mol. The summed E-state index contributed by atoms with van der Waals surface area (Å²) >= 11 is 0. The lowest BCUT2D eigenvalue weighted by Gasteiger charge is -2.15. The highest BCUT2D eigenvalue weighted by Crippen LogP contribution is 2.31. The Bertz CT molecular complexity index is 1480. The molecule has 1 amide bonds. The van der Waals surface area contributed by atoms with E-state index in [1.165, 1.54) is 0 Å². The van der Waals surface area contributed by atoms with Crippen molar-refractivity contribution in [2.24, 2.45) is 0 Å². The molecule has 0 spiro atoms. The first-order chi connectivity index (χ1) is 17.1. The zero-order valence-corrected chi connectivity index (χ0v) is 19.2. The molecular formula is C30H23N3O2. The molecule has 0 aliphatic carbocycles. The standard InChI is InChI=1S/C30H23N3O2/c1-21(22-9-3-2-4-10-22)33-30(34)26(19-32)17-28-27-14-8-7-11-23(27)15-16-29(28)35-20-25-13-6-5-12-24(25)18-31/h2-17,21H,20H2,1H3,(H,33,34)/b26-17-/t21-/m0/s1. The summed E-state index contributed by atoms with van der Waals surface area (Å²) < 4.78 is 6.11. The summed E-state index contributed by atoms with van der Waals surface area (Å²) in [5, 5.41) is 23.9. The molecule has 0 aliphatic rings. The topological polar surface area (TPSA) is 85.9 Å². The maximum atomic E-state index is 13.0. The van der Waals surface area contributed by atoms with E-state index in [9.17, 15) is 15.3 Å². The summed E-state index contributed by atoms with van der Waals surface area (Å²) in [5.41, 5.74) is 2.86. The molecule has 1 N–H and O–H groups in total. The first kappa shape index (κ1) is 23.3. The number of nitrogens with one attached hydrogen (secondary N) is 1. The molecule has 4 aromatic carbocycles. The fraction of sp³-hybridized carbons (Fsp3) is 0.100. The van der Waals surface area contributed by atoms with Crippen LogP contribution in [0.5, 0.6) is 5.75 Å². The number of fused-ring (bicyclic) bond motifs is 1. The first-order valence-electron chi connectivity index (χ1n) is 11.2. The second kappa shape index (κ2) is 10.8. The second-order valence-electron chi connectivity index (χ2n) is 8.03. The predicted molar refractivity (Wildman–Crippen MR) is 136 cm³/mol. The largest absolute Gasteiger partial charge is 0.488 e. The average Bonchev–Trinajstić information content (AvgIpc) is 2.91. The van der Waals surface area contributed by atoms with Crippen LogP contribution in [0.4, 0.5) is 0 Å². The minimum atomic E-state index is -0.461. The van der Waals surface area contributed by atoms with E-state index < -0.39 is 5.91 Å². The molecule has 170 valence electrons. The number of ether oxygens (including phenoxy) is 1. The fourth-order valence-corrected chi connectivity index (χ4v) is 3.85. The number of carbonyl (C=O) groups excluding carboxylic acids is 1. The minimum Gasteiger partial charge on any atom is -0.488 e. The summed E-state index contributed by atoms with van der Waals surface area (Å²) in [6, 6.07) is 32.3. The number of hydrogen-bond acceptors (Lipinski definition) is 4. The molecule has 0 saturated carbocycles. The van der Waals surface area contributed by atoms with Crippen LogP contribution in [0.3, 0.4) is 0 Å². The van der Waals surface area contributed by atoms with Crippen molar-refractivity contribution in [2.75, 3.05) is 0 Å². The fourth-order valence-electron chi connectivity index (χ4n) is 3.85. The minimum absolute atomic E-state index is 0.0218. The molecule has 0 saturated heterocycles. The molecular weight excluding hydrogens is 434 g/mol. The molecule has 4 rings (SSSR count). The van der Waals surface area contributed by atoms with Crippen LogP contribution in [0.15, 0.2) is 96.6 Å². The molecule has 35 heavy (non-hydrogen) atoms. The van der Waals surface area contributed by atoms with Crippen molar-refractivity contribution in [2.45, 2.75) is 19.6 Å². The van der Waals surface area contributed by atoms with Crippen LogP contribution >= 0.6 is 0 Å². The number of benzene rings is 4. The van der Waals surface area contributed by atoms with Crippen molar-refractivity contribution in [3.8, 4) is 17.9 Å². The van der Waals surface area contributed by atoms with Crippen LogP contribution in [0.2, 0.25) is 0 Å². The van der Waals surface area contributed by atoms with Gasteiger partial charge in [0.15, 0.2) is 0 Å². The van der Waals surface area contributed by atoms with E-state index in [0.29, 0.717) is 16.9 Å². The number of carbonyl (C=O) groups is 1. The maximum Gasteiger partial charge on any atom is 0.262 e. The van der Waals surface area contributed by atoms with Gasteiger partial charge in [-0.1, -0.05) is 78.9 Å². The highest BCUT2D eigenvalue weighted by atomic mass is 16.5. The van der Waals surface area contributed by atoms with E-state index in [0.717, 1.165) is 21.9 Å². The second-order valence-corrected chi connectivity index (χ2v) is 8.03. The van der Waals surface area contributed by atoms with Gasteiger partial charge in [0, 0.05) is 11.1 Å². The number of rotatable bonds is 7. The van der Waals surface area contributed by atoms with Gasteiger partial charge in [-0.2, -0.15) is 10.5 Å². The SMILES string of the molecule is C[C@H](NC(=O)/C(C#N)=C\c1c(OCc2ccccc2C#N)ccc2ccccc12)c1ccccc1. The van der Waals surface area contributed by atoms with Gasteiger partial charge in [0.05, 0.1) is 17.7 Å². The zero-order chi connectivity index (χ0) is 24.6. The van der Waals surface area contributed by atoms with Crippen molar-refractivity contribution in [1.29, 1.82) is 10.5 Å². The molecule has 0 radical (unpaired) electrons. The van der Waals surface area contributed by atoms with Crippen LogP contribution in [-0.2, 0) is 11.4 Å². The average molecular weight is 458 g/mol. The molecule has 0 aliphatic heterocycles. The lowest BCUT2D eigenvalue weighted by atomic mass is 10.0. The Morgan fingerprint density at radius 2 is 1.66 bits per heavy atom. The predicted octanol–water partition coefficient (Wildman–Crippen LogP) is 6.07. The summed E-state index contributed by atoms with van der Waals surface area (Å²) in [7, 11) is 0. The highest BCUT2D eigenvalue weighted by Gasteiger charge is 2.16. The van der Waals surface area contributed by atoms with Crippen molar-refractivity contribution >= 4 is 22.8 Å². The van der Waals surface area contributed by atoms with E-state index in [1.807, 2.05) is 91.9 Å². The molecule has 5 heteroatoms. The van der Waals surface area contributed by atoms with E-state index in [2.05, 4.69) is 11.4 Å². The third-order valence-electron chi connectivity index (χ3n) is 5.75. The van der Waals surface area contributed by atoms with E-state index in [1.54, 1.807) is 18.2 Å². The van der Waals surface area contributed by atoms with Crippen LogP contribution in [-0.4, -0.2) is 5.91 Å². The summed E-state index contributed by atoms with van der Waals surface area (Å²) in [5.74, 6) is 0.0608. The van der Waals surface area contributed by atoms with Crippen molar-refractivity contribution in [3.05, 3.63) is 119 Å². The molecule has 1 atom stereocenters. The van der Waals surface area contributed by atoms with E-state index >= 15 is 0 Å². The Morgan fingerprint density at radius 3 is 2.43 bits per heavy atom. The van der Waals surface area contributed by atoms with Gasteiger partial charge < -0.3 is 10.1 Å². The first-order valence-corrected chi connectivity index (χ1v) is 11.2. The smallest absolute Gasteiger partial charge is 0.262 e. The number of nitrogens with zero attached hydrogens (tertiary/aromatic N) is 2. The molecule has 4 aromatic rings. The maximum absolute atomic E-state index is 13.0. The van der Waals surface area contributed by atoms with Crippen molar-refractivity contribution in [3.63, 3.8) is 0 Å². The Morgan fingerprint density at radius 1 is 0.943 bits per heavy atom. The number of nitriles is 2. The summed E-state index contributed by atoms with van der Waals surface area (Å²) in [6.07, 6.45) is 1.57. The van der Waals surface area contributed by atoms with Gasteiger partial charge in [0.25, 0.3) is 5.91 Å². The number of hydrogen-bond donors (Lipinski definition) is 1. The molecule has 0 unspecified atom stereocenters. The number of amides is 1. The van der Waals surface area contributed by atoms with Gasteiger partial charge in [-0.3, -0.25) is 4.79 Å². The van der Waals surface area contributed by atoms with Crippen molar-refractivity contribution in [1.82, 2.24) is 5.32 Å². The molecule has 0 aromatic heterocycles. The van der Waals surface area contributed by atoms with E-state index in [4.69, 9.17) is 4.74 Å². The van der Waals surface area contributed by atoms with Gasteiger partial charge in [-0.15, -0.1) is 0 Å². The highest BCUT2D eigenvalue weighted by molar-refractivity contribution is 6.05. The Labute approximate surface area is 204 Å². The lowest BCUT2D eigenvalue weighted by molar-refractivity contribution is -0.117. The Balaban J connectivity index is 1.68. The zero-order valence-electron chi connectivity index (χ0n) is 19.2. The van der Waals surface area contributed by atoms with Gasteiger partial charge in [0.2, 0.25) is 0 Å². The van der Waals surface area contributed by atoms with Gasteiger partial charge in [-0.05, 0) is 41.5 Å². The molecule has 0 fully saturated rings. The van der Waals surface area contributed by atoms with Crippen LogP contribution < -0.4 is 10.1 Å². The van der Waals surface area contributed by atoms with Gasteiger partial charge in [0.1, 0.15) is 24.0 Å². The van der Waals surface area contributed by atoms with Crippen LogP contribution in [0.1, 0.15) is 35.2 Å². The van der Waals surface area contributed by atoms with Crippen molar-refractivity contribution < 1.29 is 9.53 Å². The molecule has 0 bridgehead atoms. The van der Waals surface area contributed by atoms with E-state index in [-0.39, 0.29) is 18.2 Å². The van der Waals surface area contributed by atoms with Crippen LogP contribution in [0, 0.1) is 22.7 Å². The van der Waals surface area contributed by atoms with Gasteiger partial charge in [-0.25, -0.2) is 0 Å². The summed E-state index contributed by atoms with van der Waals surface area (Å²) in [6.45, 7) is 2.06. The Kier molecular flexibility index (Phi) is 7.21. The van der Waals surface area contributed by atoms with Gasteiger partial charge >= 0.3 is 0 Å². The molecule has 0 heterocycles. The molecule has 5 nitrogen and oxygen atoms in total. The Hall–Kier alpha value is -4.87. The quantitative estimate of drug-likeness (QED) is 0.269. The van der Waals surface area contributed by atoms with Crippen LogP contribution in [0.25, 0.3) is 16.8 Å². The normalized spacial score (nSPS) is 11.8.